The van der Waals surface area contributed by atoms with E-state index in [0.29, 0.717) is 5.56 Å². The standard InChI is InChI=1S/C33H35NO3/c1-22-17-18-25(20-30(22)33(35)36-3)31-21-26(37-32-16-7-6-14-29(31)32)12-9-19-34-23(2)27-15-8-11-24-10-4-5-13-28(24)27/h4-8,10-11,13-18,20,23,26,31,34H,9,12,19,21H2,1-3H3/t23-,26-,31-/m1/s1. The molecule has 4 aromatic rings. The number of carbonyl (C=O) groups is 1. The van der Waals surface area contributed by atoms with E-state index in [2.05, 4.69) is 79.0 Å². The van der Waals surface area contributed by atoms with Gasteiger partial charge in [0.2, 0.25) is 0 Å². The molecule has 0 unspecified atom stereocenters. The van der Waals surface area contributed by atoms with Crippen LogP contribution in [0.2, 0.25) is 0 Å². The van der Waals surface area contributed by atoms with Gasteiger partial charge in [0.25, 0.3) is 0 Å². The van der Waals surface area contributed by atoms with Crippen molar-refractivity contribution in [1.82, 2.24) is 5.32 Å². The molecule has 0 aromatic heterocycles. The Morgan fingerprint density at radius 1 is 1.03 bits per heavy atom. The Labute approximate surface area is 219 Å². The Morgan fingerprint density at radius 2 is 1.81 bits per heavy atom. The molecule has 0 saturated heterocycles. The van der Waals surface area contributed by atoms with Gasteiger partial charge in [0.05, 0.1) is 18.8 Å². The molecule has 0 saturated carbocycles. The Bertz CT molecular complexity index is 1390. The largest absolute Gasteiger partial charge is 0.490 e. The van der Waals surface area contributed by atoms with E-state index in [1.165, 1.54) is 29.0 Å². The van der Waals surface area contributed by atoms with Crippen molar-refractivity contribution in [2.75, 3.05) is 13.7 Å². The first-order valence-electron chi connectivity index (χ1n) is 13.2. The van der Waals surface area contributed by atoms with Gasteiger partial charge in [-0.1, -0.05) is 72.8 Å². The van der Waals surface area contributed by atoms with Crippen molar-refractivity contribution in [2.45, 2.75) is 51.2 Å². The fourth-order valence-electron chi connectivity index (χ4n) is 5.56. The predicted molar refractivity (Wildman–Crippen MR) is 149 cm³/mol. The number of fused-ring (bicyclic) bond motifs is 2. The van der Waals surface area contributed by atoms with Crippen LogP contribution in [0.25, 0.3) is 10.8 Å². The van der Waals surface area contributed by atoms with E-state index < -0.39 is 0 Å². The summed E-state index contributed by atoms with van der Waals surface area (Å²) in [5.41, 5.74) is 5.21. The van der Waals surface area contributed by atoms with E-state index in [1.807, 2.05) is 25.1 Å². The smallest absolute Gasteiger partial charge is 0.338 e. The van der Waals surface area contributed by atoms with Gasteiger partial charge >= 0.3 is 5.97 Å². The predicted octanol–water partition coefficient (Wildman–Crippen LogP) is 7.35. The van der Waals surface area contributed by atoms with Crippen LogP contribution in [-0.4, -0.2) is 25.7 Å². The van der Waals surface area contributed by atoms with Crippen LogP contribution < -0.4 is 10.1 Å². The molecule has 3 atom stereocenters. The Hall–Kier alpha value is -3.63. The number of para-hydroxylation sites is 1. The lowest BCUT2D eigenvalue weighted by Crippen LogP contribution is -2.28. The molecule has 0 amide bonds. The van der Waals surface area contributed by atoms with Crippen molar-refractivity contribution in [3.05, 3.63) is 113 Å². The molecule has 1 N–H and O–H groups in total. The van der Waals surface area contributed by atoms with Crippen LogP contribution in [0, 0.1) is 6.92 Å². The monoisotopic (exact) mass is 493 g/mol. The van der Waals surface area contributed by atoms with Gasteiger partial charge < -0.3 is 14.8 Å². The van der Waals surface area contributed by atoms with Crippen molar-refractivity contribution < 1.29 is 14.3 Å². The minimum atomic E-state index is -0.289. The molecule has 4 aromatic carbocycles. The Balaban J connectivity index is 1.26. The van der Waals surface area contributed by atoms with E-state index in [9.17, 15) is 4.79 Å². The fraction of sp³-hybridized carbons (Fsp3) is 0.303. The highest BCUT2D eigenvalue weighted by molar-refractivity contribution is 5.91. The zero-order valence-electron chi connectivity index (χ0n) is 21.9. The average molecular weight is 494 g/mol. The summed E-state index contributed by atoms with van der Waals surface area (Å²) in [5.74, 6) is 0.838. The number of nitrogens with one attached hydrogen (secondary N) is 1. The molecule has 0 aliphatic carbocycles. The van der Waals surface area contributed by atoms with Crippen LogP contribution in [0.5, 0.6) is 5.75 Å². The average Bonchev–Trinajstić information content (AvgIpc) is 2.94. The van der Waals surface area contributed by atoms with E-state index in [-0.39, 0.29) is 24.0 Å². The molecule has 1 aliphatic rings. The van der Waals surface area contributed by atoms with Gasteiger partial charge in [0.1, 0.15) is 5.75 Å². The van der Waals surface area contributed by atoms with Crippen molar-refractivity contribution in [1.29, 1.82) is 0 Å². The van der Waals surface area contributed by atoms with Crippen molar-refractivity contribution >= 4 is 16.7 Å². The lowest BCUT2D eigenvalue weighted by atomic mass is 9.82. The molecule has 4 nitrogen and oxygen atoms in total. The van der Waals surface area contributed by atoms with Gasteiger partial charge in [-0.2, -0.15) is 0 Å². The van der Waals surface area contributed by atoms with Crippen LogP contribution >= 0.6 is 0 Å². The number of ether oxygens (including phenoxy) is 2. The molecule has 0 radical (unpaired) electrons. The van der Waals surface area contributed by atoms with Crippen LogP contribution in [0.15, 0.2) is 84.9 Å². The maximum Gasteiger partial charge on any atom is 0.338 e. The molecule has 37 heavy (non-hydrogen) atoms. The Kier molecular flexibility index (Phi) is 7.57. The van der Waals surface area contributed by atoms with Crippen LogP contribution in [0.4, 0.5) is 0 Å². The third kappa shape index (κ3) is 5.40. The molecule has 4 heteroatoms. The quantitative estimate of drug-likeness (QED) is 0.206. The lowest BCUT2D eigenvalue weighted by molar-refractivity contribution is 0.0599. The third-order valence-electron chi connectivity index (χ3n) is 7.60. The number of benzene rings is 4. The molecule has 1 heterocycles. The first kappa shape index (κ1) is 25.0. The maximum atomic E-state index is 12.3. The molecular weight excluding hydrogens is 458 g/mol. The second-order valence-corrected chi connectivity index (χ2v) is 10.0. The number of rotatable bonds is 8. The van der Waals surface area contributed by atoms with Gasteiger partial charge in [-0.05, 0) is 79.3 Å². The highest BCUT2D eigenvalue weighted by Crippen LogP contribution is 2.41. The summed E-state index contributed by atoms with van der Waals surface area (Å²) in [7, 11) is 1.43. The summed E-state index contributed by atoms with van der Waals surface area (Å²) in [5, 5.41) is 6.31. The van der Waals surface area contributed by atoms with Crippen molar-refractivity contribution in [3.8, 4) is 5.75 Å². The summed E-state index contributed by atoms with van der Waals surface area (Å²) in [6.07, 6.45) is 3.00. The SMILES string of the molecule is COC(=O)c1cc([C@H]2C[C@@H](CCCN[C@H](C)c3cccc4ccccc34)Oc3ccccc32)ccc1C. The lowest BCUT2D eigenvalue weighted by Gasteiger charge is -2.33. The van der Waals surface area contributed by atoms with E-state index in [1.54, 1.807) is 0 Å². The summed E-state index contributed by atoms with van der Waals surface area (Å²) in [6.45, 7) is 5.11. The normalized spacial score (nSPS) is 17.6. The highest BCUT2D eigenvalue weighted by Gasteiger charge is 2.29. The first-order valence-corrected chi connectivity index (χ1v) is 13.2. The van der Waals surface area contributed by atoms with Crippen LogP contribution in [0.3, 0.4) is 0 Å². The first-order chi connectivity index (χ1) is 18.0. The zero-order chi connectivity index (χ0) is 25.8. The summed E-state index contributed by atoms with van der Waals surface area (Å²) >= 11 is 0. The van der Waals surface area contributed by atoms with Gasteiger partial charge in [-0.15, -0.1) is 0 Å². The van der Waals surface area contributed by atoms with Gasteiger partial charge in [0.15, 0.2) is 0 Å². The topological polar surface area (TPSA) is 47.6 Å². The van der Waals surface area contributed by atoms with Gasteiger partial charge in [-0.3, -0.25) is 0 Å². The second-order valence-electron chi connectivity index (χ2n) is 10.0. The van der Waals surface area contributed by atoms with E-state index >= 15 is 0 Å². The Morgan fingerprint density at radius 3 is 2.68 bits per heavy atom. The molecule has 5 rings (SSSR count). The number of aryl methyl sites for hydroxylation is 1. The van der Waals surface area contributed by atoms with Crippen LogP contribution in [0.1, 0.15) is 70.8 Å². The zero-order valence-corrected chi connectivity index (χ0v) is 21.9. The summed E-state index contributed by atoms with van der Waals surface area (Å²) in [4.78, 5) is 12.3. The fourth-order valence-corrected chi connectivity index (χ4v) is 5.56. The molecule has 0 bridgehead atoms. The van der Waals surface area contributed by atoms with Gasteiger partial charge in [-0.25, -0.2) is 4.79 Å². The molecular formula is C33H35NO3. The molecule has 0 fully saturated rings. The maximum absolute atomic E-state index is 12.3. The number of carbonyl (C=O) groups excluding carboxylic acids is 1. The number of hydrogen-bond acceptors (Lipinski definition) is 4. The minimum Gasteiger partial charge on any atom is -0.490 e. The second kappa shape index (κ2) is 11.2. The summed E-state index contributed by atoms with van der Waals surface area (Å²) in [6, 6.07) is 29.8. The van der Waals surface area contributed by atoms with Crippen molar-refractivity contribution in [3.63, 3.8) is 0 Å². The van der Waals surface area contributed by atoms with E-state index in [4.69, 9.17) is 9.47 Å². The third-order valence-corrected chi connectivity index (χ3v) is 7.60. The highest BCUT2D eigenvalue weighted by atomic mass is 16.5. The van der Waals surface area contributed by atoms with Crippen molar-refractivity contribution in [2.24, 2.45) is 0 Å². The molecule has 1 aliphatic heterocycles. The van der Waals surface area contributed by atoms with Crippen LogP contribution in [-0.2, 0) is 4.74 Å². The molecule has 190 valence electrons. The minimum absolute atomic E-state index is 0.123. The number of methoxy groups -OCH3 is 1. The number of esters is 1. The molecule has 0 spiro atoms. The number of hydrogen-bond donors (Lipinski definition) is 1. The van der Waals surface area contributed by atoms with Gasteiger partial charge in [0, 0.05) is 17.5 Å². The summed E-state index contributed by atoms with van der Waals surface area (Å²) < 4.78 is 11.5. The van der Waals surface area contributed by atoms with E-state index in [0.717, 1.165) is 42.7 Å².